The molecule has 2 rings (SSSR count). The second kappa shape index (κ2) is 8.00. The van der Waals surface area contributed by atoms with E-state index in [1.54, 1.807) is 6.07 Å². The van der Waals surface area contributed by atoms with Gasteiger partial charge >= 0.3 is 5.97 Å². The number of nitrogens with zero attached hydrogens (tertiary/aromatic N) is 1. The number of ether oxygens (including phenoxy) is 2. The third-order valence-corrected chi connectivity index (χ3v) is 4.15. The molecule has 2 N–H and O–H groups in total. The largest absolute Gasteiger partial charge is 0.461 e. The highest BCUT2D eigenvalue weighted by Crippen LogP contribution is 2.35. The average molecular weight is 438 g/mol. The Morgan fingerprint density at radius 3 is 2.79 bits per heavy atom. The smallest absolute Gasteiger partial charge is 0.347 e. The zero-order chi connectivity index (χ0) is 17.9. The summed E-state index contributed by atoms with van der Waals surface area (Å²) in [4.78, 5) is 15.4. The summed E-state index contributed by atoms with van der Waals surface area (Å²) in [5.41, 5.74) is 6.12. The summed E-state index contributed by atoms with van der Waals surface area (Å²) in [7, 11) is 0. The highest BCUT2D eigenvalue weighted by atomic mass is 79.9. The van der Waals surface area contributed by atoms with Gasteiger partial charge in [-0.15, -0.1) is 0 Å². The minimum atomic E-state index is -1.07. The number of pyridine rings is 1. The lowest BCUT2D eigenvalue weighted by atomic mass is 10.2. The molecule has 9 heteroatoms. The lowest BCUT2D eigenvalue weighted by molar-refractivity contribution is -0.152. The quantitative estimate of drug-likeness (QED) is 0.554. The molecule has 0 radical (unpaired) electrons. The van der Waals surface area contributed by atoms with E-state index in [1.165, 1.54) is 6.92 Å². The number of rotatable bonds is 5. The van der Waals surface area contributed by atoms with Crippen LogP contribution in [0.1, 0.15) is 12.5 Å². The maximum absolute atomic E-state index is 13.5. The summed E-state index contributed by atoms with van der Waals surface area (Å²) >= 11 is 14.8. The molecule has 0 unspecified atom stereocenters. The highest BCUT2D eigenvalue weighted by Gasteiger charge is 2.22. The Bertz CT molecular complexity index is 777. The van der Waals surface area contributed by atoms with Gasteiger partial charge in [0.2, 0.25) is 11.8 Å². The maximum Gasteiger partial charge on any atom is 0.347 e. The van der Waals surface area contributed by atoms with Gasteiger partial charge in [0.25, 0.3) is 0 Å². The fourth-order valence-electron chi connectivity index (χ4n) is 1.70. The molecule has 5 nitrogen and oxygen atoms in total. The Morgan fingerprint density at radius 1 is 1.42 bits per heavy atom. The van der Waals surface area contributed by atoms with Gasteiger partial charge < -0.3 is 15.2 Å². The fraction of sp³-hybridized carbons (Fsp3) is 0.200. The van der Waals surface area contributed by atoms with Crippen LogP contribution in [0.2, 0.25) is 10.0 Å². The van der Waals surface area contributed by atoms with Gasteiger partial charge in [0.1, 0.15) is 16.7 Å². The predicted octanol–water partition coefficient (Wildman–Crippen LogP) is 4.38. The first-order valence-electron chi connectivity index (χ1n) is 6.67. The van der Waals surface area contributed by atoms with Crippen molar-refractivity contribution in [3.63, 3.8) is 0 Å². The molecule has 0 aliphatic carbocycles. The van der Waals surface area contributed by atoms with E-state index < -0.39 is 23.0 Å². The van der Waals surface area contributed by atoms with Crippen LogP contribution in [-0.2, 0) is 16.1 Å². The molecule has 0 fully saturated rings. The molecule has 1 heterocycles. The molecule has 2 aromatic rings. The van der Waals surface area contributed by atoms with E-state index in [4.69, 9.17) is 38.4 Å². The van der Waals surface area contributed by atoms with Gasteiger partial charge in [0.15, 0.2) is 6.10 Å². The standard InChI is InChI=1S/C15H12BrCl2FN2O3/c1-7(15(22)23-6-8-3-2-4-9(16)5-8)24-14-11(18)12(20)10(17)13(19)21-14/h2-5,7H,6H2,1H3,(H2,20,21)/t7-/m1/s1. The number of nitrogens with two attached hydrogens (primary N) is 1. The first kappa shape index (κ1) is 18.8. The first-order valence-corrected chi connectivity index (χ1v) is 8.22. The van der Waals surface area contributed by atoms with E-state index in [2.05, 4.69) is 20.9 Å². The molecule has 1 atom stereocenters. The SMILES string of the molecule is C[C@@H](Oc1nc(F)c(Cl)c(N)c1Cl)C(=O)OCc1cccc(Br)c1. The van der Waals surface area contributed by atoms with Crippen molar-refractivity contribution in [3.8, 4) is 5.88 Å². The Morgan fingerprint density at radius 2 is 2.12 bits per heavy atom. The van der Waals surface area contributed by atoms with E-state index in [0.29, 0.717) is 0 Å². The third-order valence-electron chi connectivity index (χ3n) is 2.93. The molecule has 0 aliphatic heterocycles. The molecule has 0 spiro atoms. The number of anilines is 1. The van der Waals surface area contributed by atoms with Gasteiger partial charge in [-0.2, -0.15) is 9.37 Å². The van der Waals surface area contributed by atoms with Crippen LogP contribution in [0.5, 0.6) is 5.88 Å². The van der Waals surface area contributed by atoms with Crippen LogP contribution in [0.15, 0.2) is 28.7 Å². The van der Waals surface area contributed by atoms with E-state index in [9.17, 15) is 9.18 Å². The van der Waals surface area contributed by atoms with Crippen molar-refractivity contribution in [2.24, 2.45) is 0 Å². The Balaban J connectivity index is 2.02. The van der Waals surface area contributed by atoms with Gasteiger partial charge in [-0.1, -0.05) is 51.3 Å². The van der Waals surface area contributed by atoms with Crippen molar-refractivity contribution in [2.75, 3.05) is 5.73 Å². The number of aromatic nitrogens is 1. The summed E-state index contributed by atoms with van der Waals surface area (Å²) in [5, 5.41) is -0.578. The van der Waals surface area contributed by atoms with E-state index in [1.807, 2.05) is 18.2 Å². The van der Waals surface area contributed by atoms with Gasteiger partial charge in [0.05, 0.1) is 5.69 Å². The van der Waals surface area contributed by atoms with Crippen LogP contribution >= 0.6 is 39.1 Å². The molecule has 0 saturated carbocycles. The van der Waals surface area contributed by atoms with Crippen LogP contribution in [0, 0.1) is 5.95 Å². The molecular formula is C15H12BrCl2FN2O3. The van der Waals surface area contributed by atoms with Crippen molar-refractivity contribution in [3.05, 3.63) is 50.3 Å². The lowest BCUT2D eigenvalue weighted by Gasteiger charge is -2.15. The Kier molecular flexibility index (Phi) is 6.26. The second-order valence-electron chi connectivity index (χ2n) is 4.75. The molecule has 0 amide bonds. The number of esters is 1. The van der Waals surface area contributed by atoms with Gasteiger partial charge in [-0.05, 0) is 24.6 Å². The van der Waals surface area contributed by atoms with Crippen LogP contribution in [0.4, 0.5) is 10.1 Å². The molecule has 1 aromatic heterocycles. The zero-order valence-electron chi connectivity index (χ0n) is 12.4. The van der Waals surface area contributed by atoms with Crippen molar-refractivity contribution in [1.82, 2.24) is 4.98 Å². The van der Waals surface area contributed by atoms with Crippen molar-refractivity contribution in [2.45, 2.75) is 19.6 Å². The second-order valence-corrected chi connectivity index (χ2v) is 6.42. The van der Waals surface area contributed by atoms with Crippen LogP contribution < -0.4 is 10.5 Å². The van der Waals surface area contributed by atoms with Crippen LogP contribution in [-0.4, -0.2) is 17.1 Å². The number of benzene rings is 1. The normalized spacial score (nSPS) is 11.9. The Labute approximate surface area is 156 Å². The molecular weight excluding hydrogens is 426 g/mol. The van der Waals surface area contributed by atoms with Crippen molar-refractivity contribution >= 4 is 50.8 Å². The molecule has 0 aliphatic rings. The third kappa shape index (κ3) is 4.49. The fourth-order valence-corrected chi connectivity index (χ4v) is 2.52. The highest BCUT2D eigenvalue weighted by molar-refractivity contribution is 9.10. The minimum absolute atomic E-state index is 0.0598. The van der Waals surface area contributed by atoms with E-state index >= 15 is 0 Å². The maximum atomic E-state index is 13.5. The molecule has 128 valence electrons. The van der Waals surface area contributed by atoms with Gasteiger partial charge in [0, 0.05) is 4.47 Å². The average Bonchev–Trinajstić information content (AvgIpc) is 2.55. The van der Waals surface area contributed by atoms with Crippen molar-refractivity contribution in [1.29, 1.82) is 0 Å². The summed E-state index contributed by atoms with van der Waals surface area (Å²) in [6.07, 6.45) is -1.07. The monoisotopic (exact) mass is 436 g/mol. The summed E-state index contributed by atoms with van der Waals surface area (Å²) in [6.45, 7) is 1.48. The molecule has 0 saturated heterocycles. The number of halogens is 4. The molecule has 24 heavy (non-hydrogen) atoms. The Hall–Kier alpha value is -1.57. The number of carbonyl (C=O) groups excluding carboxylic acids is 1. The summed E-state index contributed by atoms with van der Waals surface area (Å²) in [5.74, 6) is -2.03. The summed E-state index contributed by atoms with van der Waals surface area (Å²) < 4.78 is 24.7. The topological polar surface area (TPSA) is 74.4 Å². The minimum Gasteiger partial charge on any atom is -0.461 e. The van der Waals surface area contributed by atoms with Crippen LogP contribution in [0.25, 0.3) is 0 Å². The van der Waals surface area contributed by atoms with Crippen LogP contribution in [0.3, 0.4) is 0 Å². The number of nitrogen functional groups attached to an aromatic ring is 1. The van der Waals surface area contributed by atoms with E-state index in [-0.39, 0.29) is 23.2 Å². The predicted molar refractivity (Wildman–Crippen MR) is 92.7 cm³/mol. The zero-order valence-corrected chi connectivity index (χ0v) is 15.5. The molecule has 1 aromatic carbocycles. The number of carbonyl (C=O) groups is 1. The lowest BCUT2D eigenvalue weighted by Crippen LogP contribution is -2.26. The van der Waals surface area contributed by atoms with Gasteiger partial charge in [-0.25, -0.2) is 4.79 Å². The number of hydrogen-bond donors (Lipinski definition) is 1. The van der Waals surface area contributed by atoms with Gasteiger partial charge in [-0.3, -0.25) is 0 Å². The van der Waals surface area contributed by atoms with E-state index in [0.717, 1.165) is 10.0 Å². The van der Waals surface area contributed by atoms with Crippen molar-refractivity contribution < 1.29 is 18.7 Å². The number of hydrogen-bond acceptors (Lipinski definition) is 5. The molecule has 0 bridgehead atoms. The summed E-state index contributed by atoms with van der Waals surface area (Å²) in [6, 6.07) is 7.28. The first-order chi connectivity index (χ1) is 11.3.